The van der Waals surface area contributed by atoms with Gasteiger partial charge < -0.3 is 5.73 Å². The highest BCUT2D eigenvalue weighted by atomic mass is 32.1. The third-order valence-corrected chi connectivity index (χ3v) is 4.76. The van der Waals surface area contributed by atoms with E-state index in [1.54, 1.807) is 11.3 Å². The maximum Gasteiger partial charge on any atom is 0.0995 e. The van der Waals surface area contributed by atoms with Crippen molar-refractivity contribution in [3.63, 3.8) is 0 Å². The molecule has 1 aromatic heterocycles. The van der Waals surface area contributed by atoms with Gasteiger partial charge in [0, 0.05) is 19.1 Å². The van der Waals surface area contributed by atoms with Gasteiger partial charge in [-0.3, -0.25) is 10.3 Å². The summed E-state index contributed by atoms with van der Waals surface area (Å²) in [7, 11) is 0. The van der Waals surface area contributed by atoms with Crippen LogP contribution in [0.4, 0.5) is 0 Å². The molecule has 1 atom stereocenters. The van der Waals surface area contributed by atoms with E-state index in [1.165, 1.54) is 18.4 Å². The van der Waals surface area contributed by atoms with E-state index in [-0.39, 0.29) is 11.8 Å². The molecule has 3 N–H and O–H groups in total. The molecule has 1 fully saturated rings. The van der Waals surface area contributed by atoms with Gasteiger partial charge in [0.2, 0.25) is 0 Å². The Morgan fingerprint density at radius 1 is 1.29 bits per heavy atom. The second-order valence-corrected chi connectivity index (χ2v) is 6.49. The monoisotopic (exact) mass is 299 g/mol. The third-order valence-electron chi connectivity index (χ3n) is 4.02. The maximum atomic E-state index is 7.95. The van der Waals surface area contributed by atoms with Crippen molar-refractivity contribution in [2.24, 2.45) is 5.73 Å². The van der Waals surface area contributed by atoms with Crippen LogP contribution in [0.15, 0.2) is 47.2 Å². The van der Waals surface area contributed by atoms with Crippen molar-refractivity contribution in [3.05, 3.63) is 58.3 Å². The Kier molecular flexibility index (Phi) is 4.36. The number of rotatable bonds is 7. The summed E-state index contributed by atoms with van der Waals surface area (Å²) in [6, 6.07) is 13.0. The van der Waals surface area contributed by atoms with Crippen molar-refractivity contribution in [1.82, 2.24) is 4.90 Å². The molecule has 1 aliphatic rings. The Morgan fingerprint density at radius 2 is 2.05 bits per heavy atom. The molecule has 4 heteroatoms. The van der Waals surface area contributed by atoms with Crippen LogP contribution in [0.3, 0.4) is 0 Å². The predicted molar refractivity (Wildman–Crippen MR) is 88.8 cm³/mol. The molecule has 110 valence electrons. The van der Waals surface area contributed by atoms with Crippen LogP contribution in [0.2, 0.25) is 0 Å². The SMILES string of the molecule is N=C(N)C(CN(Cc1ccsc1)C1CC1)c1ccccc1. The number of hydrogen-bond donors (Lipinski definition) is 2. The Bertz CT molecular complexity index is 575. The molecule has 0 bridgehead atoms. The molecular formula is C17H21N3S. The molecule has 1 aromatic carbocycles. The largest absolute Gasteiger partial charge is 0.387 e. The number of hydrogen-bond acceptors (Lipinski definition) is 3. The van der Waals surface area contributed by atoms with Crippen LogP contribution >= 0.6 is 11.3 Å². The molecule has 0 amide bonds. The van der Waals surface area contributed by atoms with Gasteiger partial charge in [0.15, 0.2) is 0 Å². The van der Waals surface area contributed by atoms with Crippen molar-refractivity contribution in [1.29, 1.82) is 5.41 Å². The highest BCUT2D eigenvalue weighted by Gasteiger charge is 2.31. The molecule has 3 nitrogen and oxygen atoms in total. The van der Waals surface area contributed by atoms with Crippen LogP contribution in [0.25, 0.3) is 0 Å². The summed E-state index contributed by atoms with van der Waals surface area (Å²) in [5.74, 6) is 0.252. The first kappa shape index (κ1) is 14.3. The molecule has 21 heavy (non-hydrogen) atoms. The Labute approximate surface area is 129 Å². The second-order valence-electron chi connectivity index (χ2n) is 5.71. The lowest BCUT2D eigenvalue weighted by atomic mass is 9.97. The number of benzene rings is 1. The van der Waals surface area contributed by atoms with Gasteiger partial charge in [0.1, 0.15) is 0 Å². The van der Waals surface area contributed by atoms with Crippen molar-refractivity contribution < 1.29 is 0 Å². The van der Waals surface area contributed by atoms with Gasteiger partial charge in [0.25, 0.3) is 0 Å². The third kappa shape index (κ3) is 3.71. The van der Waals surface area contributed by atoms with E-state index in [9.17, 15) is 0 Å². The van der Waals surface area contributed by atoms with Crippen LogP contribution in [0, 0.1) is 5.41 Å². The zero-order valence-electron chi connectivity index (χ0n) is 12.0. The molecule has 1 heterocycles. The Balaban J connectivity index is 1.75. The van der Waals surface area contributed by atoms with Gasteiger partial charge in [-0.05, 0) is 40.8 Å². The van der Waals surface area contributed by atoms with E-state index >= 15 is 0 Å². The van der Waals surface area contributed by atoms with Gasteiger partial charge in [-0.2, -0.15) is 11.3 Å². The highest BCUT2D eigenvalue weighted by molar-refractivity contribution is 7.07. The molecule has 0 spiro atoms. The fraction of sp³-hybridized carbons (Fsp3) is 0.353. The van der Waals surface area contributed by atoms with Crippen molar-refractivity contribution >= 4 is 17.2 Å². The van der Waals surface area contributed by atoms with Crippen molar-refractivity contribution in [3.8, 4) is 0 Å². The average molecular weight is 299 g/mol. The number of nitrogens with one attached hydrogen (secondary N) is 1. The van der Waals surface area contributed by atoms with Crippen LogP contribution in [0.1, 0.15) is 29.9 Å². The molecule has 3 rings (SSSR count). The van der Waals surface area contributed by atoms with E-state index < -0.39 is 0 Å². The van der Waals surface area contributed by atoms with E-state index in [0.717, 1.165) is 18.7 Å². The van der Waals surface area contributed by atoms with E-state index in [2.05, 4.69) is 33.9 Å². The predicted octanol–water partition coefficient (Wildman–Crippen LogP) is 3.43. The first-order chi connectivity index (χ1) is 10.2. The van der Waals surface area contributed by atoms with E-state index in [0.29, 0.717) is 6.04 Å². The number of nitrogens with two attached hydrogens (primary N) is 1. The lowest BCUT2D eigenvalue weighted by molar-refractivity contribution is 0.252. The lowest BCUT2D eigenvalue weighted by Gasteiger charge is -2.27. The zero-order valence-corrected chi connectivity index (χ0v) is 12.9. The highest BCUT2D eigenvalue weighted by Crippen LogP contribution is 2.31. The first-order valence-electron chi connectivity index (χ1n) is 7.38. The average Bonchev–Trinajstić information content (AvgIpc) is 3.21. The number of thiophene rings is 1. The summed E-state index contributed by atoms with van der Waals surface area (Å²) >= 11 is 1.74. The summed E-state index contributed by atoms with van der Waals surface area (Å²) in [5, 5.41) is 12.3. The molecule has 0 aliphatic heterocycles. The van der Waals surface area contributed by atoms with Crippen LogP contribution in [0.5, 0.6) is 0 Å². The van der Waals surface area contributed by atoms with Crippen LogP contribution in [-0.2, 0) is 6.54 Å². The topological polar surface area (TPSA) is 53.1 Å². The van der Waals surface area contributed by atoms with E-state index in [4.69, 9.17) is 11.1 Å². The van der Waals surface area contributed by atoms with Gasteiger partial charge in [-0.15, -0.1) is 0 Å². The summed E-state index contributed by atoms with van der Waals surface area (Å²) < 4.78 is 0. The van der Waals surface area contributed by atoms with E-state index in [1.807, 2.05) is 18.2 Å². The smallest absolute Gasteiger partial charge is 0.0995 e. The van der Waals surface area contributed by atoms with Crippen molar-refractivity contribution in [2.45, 2.75) is 31.3 Å². The quantitative estimate of drug-likeness (QED) is 0.608. The second kappa shape index (κ2) is 6.41. The minimum Gasteiger partial charge on any atom is -0.387 e. The minimum absolute atomic E-state index is 0.00886. The Hall–Kier alpha value is -1.65. The first-order valence-corrected chi connectivity index (χ1v) is 8.32. The lowest BCUT2D eigenvalue weighted by Crippen LogP contribution is -2.35. The molecule has 1 unspecified atom stereocenters. The molecule has 0 radical (unpaired) electrons. The number of nitrogens with zero attached hydrogens (tertiary/aromatic N) is 1. The maximum absolute atomic E-state index is 7.95. The van der Waals surface area contributed by atoms with Crippen LogP contribution in [-0.4, -0.2) is 23.3 Å². The molecule has 2 aromatic rings. The van der Waals surface area contributed by atoms with Crippen LogP contribution < -0.4 is 5.73 Å². The summed E-state index contributed by atoms with van der Waals surface area (Å²) in [4.78, 5) is 2.49. The summed E-state index contributed by atoms with van der Waals surface area (Å²) in [6.45, 7) is 1.80. The fourth-order valence-corrected chi connectivity index (χ4v) is 3.36. The number of amidine groups is 1. The van der Waals surface area contributed by atoms with Gasteiger partial charge in [-0.1, -0.05) is 30.3 Å². The summed E-state index contributed by atoms with van der Waals surface area (Å²) in [6.07, 6.45) is 2.53. The molecular weight excluding hydrogens is 278 g/mol. The standard InChI is InChI=1S/C17H21N3S/c18-17(19)16(14-4-2-1-3-5-14)11-20(15-6-7-15)10-13-8-9-21-12-13/h1-5,8-9,12,15-16H,6-7,10-11H2,(H3,18,19). The molecule has 0 saturated heterocycles. The molecule has 1 saturated carbocycles. The Morgan fingerprint density at radius 3 is 2.62 bits per heavy atom. The zero-order chi connectivity index (χ0) is 14.7. The normalized spacial score (nSPS) is 16.0. The van der Waals surface area contributed by atoms with Gasteiger partial charge in [-0.25, -0.2) is 0 Å². The molecule has 1 aliphatic carbocycles. The fourth-order valence-electron chi connectivity index (χ4n) is 2.70. The minimum atomic E-state index is -0.00886. The van der Waals surface area contributed by atoms with Crippen molar-refractivity contribution in [2.75, 3.05) is 6.54 Å². The van der Waals surface area contributed by atoms with Gasteiger partial charge in [0.05, 0.1) is 11.8 Å². The summed E-state index contributed by atoms with van der Waals surface area (Å²) in [5.41, 5.74) is 8.37. The van der Waals surface area contributed by atoms with Gasteiger partial charge >= 0.3 is 0 Å².